The molecule has 1 aliphatic carbocycles. The normalized spacial score (nSPS) is 20.0. The molecule has 2 aliphatic rings. The van der Waals surface area contributed by atoms with Gasteiger partial charge in [0.05, 0.1) is 0 Å². The van der Waals surface area contributed by atoms with E-state index in [9.17, 15) is 13.6 Å². The van der Waals surface area contributed by atoms with Crippen molar-refractivity contribution in [3.05, 3.63) is 23.8 Å². The molecule has 134 valence electrons. The summed E-state index contributed by atoms with van der Waals surface area (Å²) in [6.07, 6.45) is 4.40. The monoisotopic (exact) mass is 349 g/mol. The van der Waals surface area contributed by atoms with Gasteiger partial charge in [0.2, 0.25) is 5.91 Å². The van der Waals surface area contributed by atoms with Gasteiger partial charge in [-0.3, -0.25) is 4.79 Å². The van der Waals surface area contributed by atoms with E-state index in [-0.39, 0.29) is 29.2 Å². The van der Waals surface area contributed by atoms with E-state index in [0.29, 0.717) is 18.8 Å². The molecule has 0 bridgehead atoms. The first-order valence-electron chi connectivity index (χ1n) is 8.91. The van der Waals surface area contributed by atoms with Crippen LogP contribution in [0.4, 0.5) is 8.78 Å². The van der Waals surface area contributed by atoms with Crippen molar-refractivity contribution in [1.29, 1.82) is 0 Å². The minimum absolute atomic E-state index is 0.0758. The molecule has 0 aromatic carbocycles. The molecule has 2 aromatic heterocycles. The highest BCUT2D eigenvalue weighted by Crippen LogP contribution is 2.32. The van der Waals surface area contributed by atoms with E-state index in [2.05, 4.69) is 15.1 Å². The summed E-state index contributed by atoms with van der Waals surface area (Å²) in [5.74, 6) is 0.738. The van der Waals surface area contributed by atoms with E-state index >= 15 is 0 Å². The third-order valence-corrected chi connectivity index (χ3v) is 5.45. The maximum Gasteiger partial charge on any atom is 0.280 e. The number of piperidine rings is 1. The molecule has 1 saturated carbocycles. The van der Waals surface area contributed by atoms with E-state index < -0.39 is 6.43 Å². The number of amides is 1. The van der Waals surface area contributed by atoms with E-state index in [4.69, 9.17) is 0 Å². The van der Waals surface area contributed by atoms with Crippen molar-refractivity contribution in [2.75, 3.05) is 13.1 Å². The first-order chi connectivity index (χ1) is 12.1. The van der Waals surface area contributed by atoms with Gasteiger partial charge in [-0.05, 0) is 31.7 Å². The Labute approximate surface area is 144 Å². The number of fused-ring (bicyclic) bond motifs is 1. The second-order valence-corrected chi connectivity index (χ2v) is 6.96. The minimum atomic E-state index is -2.63. The third kappa shape index (κ3) is 3.09. The molecule has 8 heteroatoms. The number of rotatable bonds is 3. The Hall–Kier alpha value is -2.12. The number of alkyl halides is 2. The number of nitrogens with zero attached hydrogens (tertiary/aromatic N) is 5. The Balaban J connectivity index is 1.49. The highest BCUT2D eigenvalue weighted by atomic mass is 19.3. The predicted molar refractivity (Wildman–Crippen MR) is 86.3 cm³/mol. The largest absolute Gasteiger partial charge is 0.342 e. The molecule has 1 saturated heterocycles. The van der Waals surface area contributed by atoms with Crippen molar-refractivity contribution in [2.24, 2.45) is 5.92 Å². The van der Waals surface area contributed by atoms with Crippen molar-refractivity contribution < 1.29 is 13.6 Å². The van der Waals surface area contributed by atoms with Gasteiger partial charge in [-0.25, -0.2) is 13.8 Å². The molecule has 4 rings (SSSR count). The fourth-order valence-electron chi connectivity index (χ4n) is 4.05. The number of halogens is 2. The lowest BCUT2D eigenvalue weighted by atomic mass is 9.92. The summed E-state index contributed by atoms with van der Waals surface area (Å²) in [6.45, 7) is 1.34. The molecule has 0 N–H and O–H groups in total. The summed E-state index contributed by atoms with van der Waals surface area (Å²) >= 11 is 0. The first-order valence-corrected chi connectivity index (χ1v) is 8.91. The summed E-state index contributed by atoms with van der Waals surface area (Å²) in [6, 6.07) is 1.44. The Morgan fingerprint density at radius 3 is 2.56 bits per heavy atom. The number of hydrogen-bond donors (Lipinski definition) is 0. The lowest BCUT2D eigenvalue weighted by Crippen LogP contribution is -2.41. The van der Waals surface area contributed by atoms with Crippen molar-refractivity contribution in [2.45, 2.75) is 50.9 Å². The van der Waals surface area contributed by atoms with E-state index in [0.717, 1.165) is 43.0 Å². The molecule has 0 spiro atoms. The Morgan fingerprint density at radius 2 is 1.88 bits per heavy atom. The molecule has 25 heavy (non-hydrogen) atoms. The van der Waals surface area contributed by atoms with E-state index in [1.54, 1.807) is 0 Å². The molecule has 3 heterocycles. The van der Waals surface area contributed by atoms with Crippen molar-refractivity contribution >= 4 is 11.7 Å². The number of likely N-dealkylation sites (tertiary alicyclic amines) is 1. The quantitative estimate of drug-likeness (QED) is 0.855. The molecule has 1 aliphatic heterocycles. The van der Waals surface area contributed by atoms with Gasteiger partial charge >= 0.3 is 0 Å². The van der Waals surface area contributed by atoms with Gasteiger partial charge in [0.1, 0.15) is 12.0 Å². The molecule has 0 atom stereocenters. The zero-order valence-electron chi connectivity index (χ0n) is 13.9. The molecule has 2 aromatic rings. The van der Waals surface area contributed by atoms with Crippen LogP contribution in [0.25, 0.3) is 5.78 Å². The number of carbonyl (C=O) groups excluding carboxylic acids is 1. The number of carbonyl (C=O) groups is 1. The van der Waals surface area contributed by atoms with Gasteiger partial charge in [-0.1, -0.05) is 12.8 Å². The zero-order chi connectivity index (χ0) is 17.4. The predicted octanol–water partition coefficient (Wildman–Crippen LogP) is 2.96. The lowest BCUT2D eigenvalue weighted by Gasteiger charge is -2.33. The Bertz CT molecular complexity index is 763. The van der Waals surface area contributed by atoms with Crippen LogP contribution in [0, 0.1) is 5.92 Å². The molecule has 1 amide bonds. The summed E-state index contributed by atoms with van der Waals surface area (Å²) < 4.78 is 27.7. The second kappa shape index (κ2) is 6.65. The smallest absolute Gasteiger partial charge is 0.280 e. The molecule has 2 fully saturated rings. The average Bonchev–Trinajstić information content (AvgIpc) is 3.31. The molecular weight excluding hydrogens is 328 g/mol. The van der Waals surface area contributed by atoms with Crippen LogP contribution in [0.2, 0.25) is 0 Å². The second-order valence-electron chi connectivity index (χ2n) is 6.96. The fourth-order valence-corrected chi connectivity index (χ4v) is 4.05. The van der Waals surface area contributed by atoms with Crippen molar-refractivity contribution in [1.82, 2.24) is 24.5 Å². The van der Waals surface area contributed by atoms with E-state index in [1.165, 1.54) is 12.4 Å². The van der Waals surface area contributed by atoms with Crippen LogP contribution in [0.15, 0.2) is 12.4 Å². The van der Waals surface area contributed by atoms with Gasteiger partial charge < -0.3 is 4.90 Å². The average molecular weight is 349 g/mol. The number of hydrogen-bond acceptors (Lipinski definition) is 4. The summed E-state index contributed by atoms with van der Waals surface area (Å²) in [5, 5.41) is 3.82. The summed E-state index contributed by atoms with van der Waals surface area (Å²) in [4.78, 5) is 22.8. The van der Waals surface area contributed by atoms with Crippen LogP contribution in [-0.2, 0) is 4.79 Å². The van der Waals surface area contributed by atoms with Crippen LogP contribution in [0.3, 0.4) is 0 Å². The summed E-state index contributed by atoms with van der Waals surface area (Å²) in [7, 11) is 0. The van der Waals surface area contributed by atoms with Crippen LogP contribution in [-0.4, -0.2) is 43.5 Å². The standard InChI is InChI=1S/C17H21F2N5O/c18-15(19)14-9-13(22-17-20-10-21-24(14)17)11-5-7-23(8-6-11)16(25)12-3-1-2-4-12/h9-12,15H,1-8H2. The van der Waals surface area contributed by atoms with Crippen LogP contribution in [0.1, 0.15) is 62.3 Å². The highest BCUT2D eigenvalue weighted by Gasteiger charge is 2.31. The van der Waals surface area contributed by atoms with Gasteiger partial charge in [-0.15, -0.1) is 0 Å². The lowest BCUT2D eigenvalue weighted by molar-refractivity contribution is -0.136. The maximum absolute atomic E-state index is 13.3. The van der Waals surface area contributed by atoms with Gasteiger partial charge in [0.25, 0.3) is 12.2 Å². The van der Waals surface area contributed by atoms with E-state index in [1.807, 2.05) is 4.90 Å². The molecule has 6 nitrogen and oxygen atoms in total. The molecule has 0 radical (unpaired) electrons. The van der Waals surface area contributed by atoms with Crippen molar-refractivity contribution in [3.63, 3.8) is 0 Å². The van der Waals surface area contributed by atoms with Crippen LogP contribution >= 0.6 is 0 Å². The first kappa shape index (κ1) is 16.4. The van der Waals surface area contributed by atoms with Crippen LogP contribution in [0.5, 0.6) is 0 Å². The fraction of sp³-hybridized carbons (Fsp3) is 0.647. The van der Waals surface area contributed by atoms with Crippen LogP contribution < -0.4 is 0 Å². The Kier molecular flexibility index (Phi) is 4.35. The summed E-state index contributed by atoms with van der Waals surface area (Å²) in [5.41, 5.74) is 0.450. The Morgan fingerprint density at radius 1 is 1.16 bits per heavy atom. The van der Waals surface area contributed by atoms with Gasteiger partial charge in [-0.2, -0.15) is 14.6 Å². The topological polar surface area (TPSA) is 63.4 Å². The molecular formula is C17H21F2N5O. The van der Waals surface area contributed by atoms with Gasteiger partial charge in [0.15, 0.2) is 0 Å². The minimum Gasteiger partial charge on any atom is -0.342 e. The van der Waals surface area contributed by atoms with Crippen molar-refractivity contribution in [3.8, 4) is 0 Å². The van der Waals surface area contributed by atoms with Gasteiger partial charge in [0, 0.05) is 30.6 Å². The maximum atomic E-state index is 13.3. The molecule has 0 unspecified atom stereocenters. The number of aromatic nitrogens is 4. The highest BCUT2D eigenvalue weighted by molar-refractivity contribution is 5.79. The third-order valence-electron chi connectivity index (χ3n) is 5.45. The SMILES string of the molecule is O=C(C1CCCC1)N1CCC(c2cc(C(F)F)n3ncnc3n2)CC1. The zero-order valence-corrected chi connectivity index (χ0v) is 13.9.